The van der Waals surface area contributed by atoms with Crippen LogP contribution in [0.15, 0.2) is 47.1 Å². The molecule has 0 saturated carbocycles. The number of ether oxygens (including phenoxy) is 1. The number of aryl methyl sites for hydroxylation is 1. The van der Waals surface area contributed by atoms with E-state index in [-0.39, 0.29) is 19.0 Å². The molecular weight excluding hydrogens is 389 g/mol. The van der Waals surface area contributed by atoms with E-state index < -0.39 is 18.2 Å². The van der Waals surface area contributed by atoms with Gasteiger partial charge in [0.25, 0.3) is 0 Å². The SMILES string of the molecule is Cc1ncccc1COC(=O)N(C)Cc1ccc(-c2noc(C(F)(F)F)n2)cc1. The third-order valence-corrected chi connectivity index (χ3v) is 4.08. The highest BCUT2D eigenvalue weighted by atomic mass is 19.4. The fourth-order valence-electron chi connectivity index (χ4n) is 2.47. The van der Waals surface area contributed by atoms with Crippen LogP contribution in [0.4, 0.5) is 18.0 Å². The minimum Gasteiger partial charge on any atom is -0.444 e. The smallest absolute Gasteiger partial charge is 0.444 e. The number of amides is 1. The zero-order valence-corrected chi connectivity index (χ0v) is 15.6. The molecule has 1 amide bonds. The van der Waals surface area contributed by atoms with Crippen molar-refractivity contribution in [1.29, 1.82) is 0 Å². The molecule has 2 heterocycles. The molecule has 10 heteroatoms. The first-order chi connectivity index (χ1) is 13.7. The van der Waals surface area contributed by atoms with E-state index in [1.165, 1.54) is 4.90 Å². The number of hydrogen-bond donors (Lipinski definition) is 0. The average molecular weight is 406 g/mol. The van der Waals surface area contributed by atoms with Crippen molar-refractivity contribution in [2.45, 2.75) is 26.3 Å². The maximum atomic E-state index is 12.5. The molecule has 152 valence electrons. The van der Waals surface area contributed by atoms with Crippen LogP contribution in [-0.4, -0.2) is 33.2 Å². The fourth-order valence-corrected chi connectivity index (χ4v) is 2.47. The van der Waals surface area contributed by atoms with Crippen molar-refractivity contribution in [2.75, 3.05) is 7.05 Å². The van der Waals surface area contributed by atoms with Gasteiger partial charge in [-0.1, -0.05) is 35.5 Å². The quantitative estimate of drug-likeness (QED) is 0.631. The monoisotopic (exact) mass is 406 g/mol. The number of carbonyl (C=O) groups excluding carboxylic acids is 1. The van der Waals surface area contributed by atoms with Gasteiger partial charge in [-0.3, -0.25) is 4.98 Å². The van der Waals surface area contributed by atoms with Crippen molar-refractivity contribution in [3.05, 3.63) is 65.3 Å². The van der Waals surface area contributed by atoms with Crippen LogP contribution in [0.25, 0.3) is 11.4 Å². The Labute approximate surface area is 164 Å². The molecule has 1 aromatic carbocycles. The lowest BCUT2D eigenvalue weighted by Crippen LogP contribution is -2.27. The predicted octanol–water partition coefficient (Wildman–Crippen LogP) is 4.23. The number of rotatable bonds is 5. The first-order valence-corrected chi connectivity index (χ1v) is 8.52. The van der Waals surface area contributed by atoms with Gasteiger partial charge in [-0.25, -0.2) is 4.79 Å². The first-order valence-electron chi connectivity index (χ1n) is 8.52. The van der Waals surface area contributed by atoms with Gasteiger partial charge in [-0.2, -0.15) is 18.2 Å². The Bertz CT molecular complexity index is 987. The molecule has 0 fully saturated rings. The van der Waals surface area contributed by atoms with E-state index in [2.05, 4.69) is 19.6 Å². The van der Waals surface area contributed by atoms with Gasteiger partial charge in [0.1, 0.15) is 6.61 Å². The number of aromatic nitrogens is 3. The number of halogens is 3. The minimum absolute atomic E-state index is 0.112. The van der Waals surface area contributed by atoms with Crippen LogP contribution in [0, 0.1) is 6.92 Å². The second-order valence-electron chi connectivity index (χ2n) is 6.28. The molecule has 0 aliphatic heterocycles. The Hall–Kier alpha value is -3.43. The highest BCUT2D eigenvalue weighted by molar-refractivity contribution is 5.67. The minimum atomic E-state index is -4.69. The zero-order chi connectivity index (χ0) is 21.0. The number of alkyl halides is 3. The molecule has 2 aromatic heterocycles. The van der Waals surface area contributed by atoms with Crippen molar-refractivity contribution >= 4 is 6.09 Å². The van der Waals surface area contributed by atoms with Gasteiger partial charge in [0.15, 0.2) is 0 Å². The van der Waals surface area contributed by atoms with Gasteiger partial charge < -0.3 is 14.2 Å². The first kappa shape index (κ1) is 20.3. The summed E-state index contributed by atoms with van der Waals surface area (Å²) in [5.74, 6) is -1.56. The van der Waals surface area contributed by atoms with Crippen molar-refractivity contribution in [2.24, 2.45) is 0 Å². The molecule has 0 atom stereocenters. The molecule has 7 nitrogen and oxygen atoms in total. The molecule has 0 N–H and O–H groups in total. The topological polar surface area (TPSA) is 81.4 Å². The van der Waals surface area contributed by atoms with Gasteiger partial charge >= 0.3 is 18.2 Å². The molecular formula is C19H17F3N4O3. The molecule has 0 saturated heterocycles. The summed E-state index contributed by atoms with van der Waals surface area (Å²) in [6.45, 7) is 2.20. The van der Waals surface area contributed by atoms with Crippen molar-refractivity contribution < 1.29 is 27.2 Å². The summed E-state index contributed by atoms with van der Waals surface area (Å²) in [4.78, 5) is 21.0. The molecule has 0 unspecified atom stereocenters. The molecule has 0 aliphatic rings. The van der Waals surface area contributed by atoms with Gasteiger partial charge in [0.05, 0.1) is 0 Å². The molecule has 3 rings (SSSR count). The third kappa shape index (κ3) is 5.09. The van der Waals surface area contributed by atoms with Crippen LogP contribution in [0.2, 0.25) is 0 Å². The van der Waals surface area contributed by atoms with Crippen LogP contribution in [0.1, 0.15) is 22.7 Å². The summed E-state index contributed by atoms with van der Waals surface area (Å²) >= 11 is 0. The second kappa shape index (κ2) is 8.29. The molecule has 0 radical (unpaired) electrons. The Morgan fingerprint density at radius 1 is 1.21 bits per heavy atom. The Kier molecular flexibility index (Phi) is 5.81. The van der Waals surface area contributed by atoms with Crippen LogP contribution in [0.5, 0.6) is 0 Å². The molecule has 0 bridgehead atoms. The lowest BCUT2D eigenvalue weighted by molar-refractivity contribution is -0.159. The van der Waals surface area contributed by atoms with E-state index in [0.29, 0.717) is 5.56 Å². The second-order valence-corrected chi connectivity index (χ2v) is 6.28. The summed E-state index contributed by atoms with van der Waals surface area (Å²) in [5, 5.41) is 3.34. The van der Waals surface area contributed by atoms with Gasteiger partial charge in [-0.15, -0.1) is 0 Å². The third-order valence-electron chi connectivity index (χ3n) is 4.08. The molecule has 3 aromatic rings. The highest BCUT2D eigenvalue weighted by Gasteiger charge is 2.38. The zero-order valence-electron chi connectivity index (χ0n) is 15.6. The number of pyridine rings is 1. The Morgan fingerprint density at radius 3 is 2.55 bits per heavy atom. The van der Waals surface area contributed by atoms with Gasteiger partial charge in [0.2, 0.25) is 5.82 Å². The average Bonchev–Trinajstić information content (AvgIpc) is 3.18. The van der Waals surface area contributed by atoms with E-state index in [9.17, 15) is 18.0 Å². The lowest BCUT2D eigenvalue weighted by atomic mass is 10.1. The highest BCUT2D eigenvalue weighted by Crippen LogP contribution is 2.29. The number of benzene rings is 1. The summed E-state index contributed by atoms with van der Waals surface area (Å²) in [7, 11) is 1.58. The number of nitrogens with zero attached hydrogens (tertiary/aromatic N) is 4. The largest absolute Gasteiger partial charge is 0.471 e. The molecule has 0 aliphatic carbocycles. The van der Waals surface area contributed by atoms with Crippen molar-refractivity contribution in [3.63, 3.8) is 0 Å². The van der Waals surface area contributed by atoms with Crippen LogP contribution >= 0.6 is 0 Å². The normalized spacial score (nSPS) is 11.3. The summed E-state index contributed by atoms with van der Waals surface area (Å²) in [6, 6.07) is 10.0. The maximum absolute atomic E-state index is 12.5. The number of hydrogen-bond acceptors (Lipinski definition) is 6. The molecule has 0 spiro atoms. The fraction of sp³-hybridized carbons (Fsp3) is 0.263. The predicted molar refractivity (Wildman–Crippen MR) is 95.4 cm³/mol. The van der Waals surface area contributed by atoms with E-state index in [4.69, 9.17) is 4.74 Å². The van der Waals surface area contributed by atoms with Crippen LogP contribution in [0.3, 0.4) is 0 Å². The number of carbonyl (C=O) groups is 1. The summed E-state index contributed by atoms with van der Waals surface area (Å²) in [5.41, 5.74) is 2.72. The van der Waals surface area contributed by atoms with Crippen molar-refractivity contribution in [3.8, 4) is 11.4 Å². The standard InChI is InChI=1S/C19H17F3N4O3/c1-12-15(4-3-9-23-12)11-28-18(27)26(2)10-13-5-7-14(8-6-13)16-24-17(29-25-16)19(20,21)22/h3-9H,10-11H2,1-2H3. The maximum Gasteiger partial charge on any atom is 0.471 e. The summed E-state index contributed by atoms with van der Waals surface area (Å²) in [6.07, 6.45) is -3.54. The Morgan fingerprint density at radius 2 is 1.93 bits per heavy atom. The van der Waals surface area contributed by atoms with E-state index in [0.717, 1.165) is 16.8 Å². The lowest BCUT2D eigenvalue weighted by Gasteiger charge is -2.17. The van der Waals surface area contributed by atoms with Crippen LogP contribution < -0.4 is 0 Å². The van der Waals surface area contributed by atoms with Crippen LogP contribution in [-0.2, 0) is 24.1 Å². The van der Waals surface area contributed by atoms with Gasteiger partial charge in [-0.05, 0) is 18.6 Å². The summed E-state index contributed by atoms with van der Waals surface area (Å²) < 4.78 is 47.1. The van der Waals surface area contributed by atoms with Gasteiger partial charge in [0, 0.05) is 36.6 Å². The van der Waals surface area contributed by atoms with E-state index in [1.807, 2.05) is 13.0 Å². The van der Waals surface area contributed by atoms with Crippen molar-refractivity contribution in [1.82, 2.24) is 20.0 Å². The Balaban J connectivity index is 1.58. The molecule has 29 heavy (non-hydrogen) atoms. The van der Waals surface area contributed by atoms with E-state index >= 15 is 0 Å². The van der Waals surface area contributed by atoms with E-state index in [1.54, 1.807) is 43.6 Å².